The summed E-state index contributed by atoms with van der Waals surface area (Å²) in [5.41, 5.74) is -0.541. The number of nitro benzene ring substituents is 1. The number of ether oxygens (including phenoxy) is 2. The molecule has 1 atom stereocenters. The number of para-hydroxylation sites is 1. The van der Waals surface area contributed by atoms with E-state index in [1.54, 1.807) is 0 Å². The van der Waals surface area contributed by atoms with Gasteiger partial charge in [0.05, 0.1) is 12.0 Å². The Kier molecular flexibility index (Phi) is 3.97. The lowest BCUT2D eigenvalue weighted by molar-refractivity contribution is -0.386. The van der Waals surface area contributed by atoms with E-state index in [2.05, 4.69) is 4.74 Å². The topological polar surface area (TPSA) is 78.7 Å². The van der Waals surface area contributed by atoms with Crippen LogP contribution in [0.15, 0.2) is 18.2 Å². The van der Waals surface area contributed by atoms with E-state index in [-0.39, 0.29) is 0 Å². The lowest BCUT2D eigenvalue weighted by Crippen LogP contribution is -2.25. The van der Waals surface area contributed by atoms with Gasteiger partial charge in [0.25, 0.3) is 0 Å². The van der Waals surface area contributed by atoms with E-state index in [1.807, 2.05) is 0 Å². The first kappa shape index (κ1) is 12.9. The summed E-state index contributed by atoms with van der Waals surface area (Å²) in [6, 6.07) is 3.28. The van der Waals surface area contributed by atoms with Crippen LogP contribution in [0, 0.1) is 15.9 Å². The fourth-order valence-corrected chi connectivity index (χ4v) is 1.15. The molecule has 0 N–H and O–H groups in total. The molecule has 0 radical (unpaired) electrons. The summed E-state index contributed by atoms with van der Waals surface area (Å²) in [5, 5.41) is 10.6. The molecule has 0 aliphatic heterocycles. The molecular weight excluding hydrogens is 233 g/mol. The maximum absolute atomic E-state index is 13.4. The highest BCUT2D eigenvalue weighted by molar-refractivity contribution is 5.74. The van der Waals surface area contributed by atoms with Crippen LogP contribution in [0.3, 0.4) is 0 Å². The molecule has 0 aliphatic rings. The van der Waals surface area contributed by atoms with Gasteiger partial charge >= 0.3 is 11.7 Å². The Morgan fingerprint density at radius 1 is 1.53 bits per heavy atom. The minimum atomic E-state index is -1.13. The predicted molar refractivity (Wildman–Crippen MR) is 55.2 cm³/mol. The van der Waals surface area contributed by atoms with Crippen LogP contribution >= 0.6 is 0 Å². The van der Waals surface area contributed by atoms with Crippen LogP contribution in [0.25, 0.3) is 0 Å². The average Bonchev–Trinajstić information content (AvgIpc) is 2.30. The van der Waals surface area contributed by atoms with Crippen molar-refractivity contribution in [2.75, 3.05) is 7.11 Å². The average molecular weight is 243 g/mol. The number of methoxy groups -OCH3 is 1. The summed E-state index contributed by atoms with van der Waals surface area (Å²) in [6.07, 6.45) is -1.13. The normalized spacial score (nSPS) is 11.7. The van der Waals surface area contributed by atoms with Gasteiger partial charge in [0, 0.05) is 6.07 Å². The number of hydrogen-bond donors (Lipinski definition) is 0. The summed E-state index contributed by atoms with van der Waals surface area (Å²) in [5.74, 6) is -2.23. The van der Waals surface area contributed by atoms with E-state index >= 15 is 0 Å². The van der Waals surface area contributed by atoms with Gasteiger partial charge in [-0.25, -0.2) is 9.18 Å². The molecule has 1 aromatic rings. The van der Waals surface area contributed by atoms with Crippen molar-refractivity contribution < 1.29 is 23.6 Å². The van der Waals surface area contributed by atoms with Gasteiger partial charge in [-0.05, 0) is 13.0 Å². The van der Waals surface area contributed by atoms with E-state index in [9.17, 15) is 19.3 Å². The molecule has 7 heteroatoms. The fraction of sp³-hybridized carbons (Fsp3) is 0.300. The van der Waals surface area contributed by atoms with Crippen molar-refractivity contribution in [1.29, 1.82) is 0 Å². The lowest BCUT2D eigenvalue weighted by Gasteiger charge is -2.12. The number of rotatable bonds is 4. The van der Waals surface area contributed by atoms with Crippen molar-refractivity contribution in [1.82, 2.24) is 0 Å². The largest absolute Gasteiger partial charge is 0.470 e. The Hall–Kier alpha value is -2.18. The molecule has 0 aliphatic carbocycles. The van der Waals surface area contributed by atoms with Gasteiger partial charge in [0.15, 0.2) is 11.9 Å². The summed E-state index contributed by atoms with van der Waals surface area (Å²) < 4.78 is 22.6. The Balaban J connectivity index is 3.05. The van der Waals surface area contributed by atoms with Crippen molar-refractivity contribution >= 4 is 11.7 Å². The zero-order chi connectivity index (χ0) is 13.0. The van der Waals surface area contributed by atoms with Crippen LogP contribution in [0.4, 0.5) is 10.1 Å². The van der Waals surface area contributed by atoms with Gasteiger partial charge in [-0.15, -0.1) is 0 Å². The first-order valence-corrected chi connectivity index (χ1v) is 4.64. The molecule has 92 valence electrons. The highest BCUT2D eigenvalue weighted by atomic mass is 19.1. The molecule has 0 heterocycles. The van der Waals surface area contributed by atoms with Crippen LogP contribution in [0.2, 0.25) is 0 Å². The van der Waals surface area contributed by atoms with Crippen LogP contribution in [-0.4, -0.2) is 24.1 Å². The number of esters is 1. The van der Waals surface area contributed by atoms with Gasteiger partial charge in [0.2, 0.25) is 5.75 Å². The highest BCUT2D eigenvalue weighted by Crippen LogP contribution is 2.30. The molecule has 0 fully saturated rings. The highest BCUT2D eigenvalue weighted by Gasteiger charge is 2.24. The SMILES string of the molecule is COC(=O)[C@H](C)Oc1c(F)cccc1[N+](=O)[O-]. The Morgan fingerprint density at radius 3 is 2.71 bits per heavy atom. The molecule has 17 heavy (non-hydrogen) atoms. The second-order valence-electron chi connectivity index (χ2n) is 3.13. The molecule has 0 aromatic heterocycles. The number of nitro groups is 1. The third-order valence-corrected chi connectivity index (χ3v) is 1.97. The maximum atomic E-state index is 13.4. The molecule has 0 spiro atoms. The summed E-state index contributed by atoms with van der Waals surface area (Å²) >= 11 is 0. The summed E-state index contributed by atoms with van der Waals surface area (Å²) in [6.45, 7) is 1.31. The Bertz CT molecular complexity index is 448. The number of nitrogens with zero attached hydrogens (tertiary/aromatic N) is 1. The van der Waals surface area contributed by atoms with Crippen molar-refractivity contribution in [3.8, 4) is 5.75 Å². The maximum Gasteiger partial charge on any atom is 0.346 e. The first-order chi connectivity index (χ1) is 7.97. The fourth-order valence-electron chi connectivity index (χ4n) is 1.15. The summed E-state index contributed by atoms with van der Waals surface area (Å²) in [4.78, 5) is 20.9. The third kappa shape index (κ3) is 2.90. The van der Waals surface area contributed by atoms with E-state index < -0.39 is 34.3 Å². The van der Waals surface area contributed by atoms with Crippen molar-refractivity contribution in [2.24, 2.45) is 0 Å². The monoisotopic (exact) mass is 243 g/mol. The molecule has 0 bridgehead atoms. The van der Waals surface area contributed by atoms with E-state index in [1.165, 1.54) is 13.0 Å². The van der Waals surface area contributed by atoms with Crippen LogP contribution in [0.1, 0.15) is 6.92 Å². The van der Waals surface area contributed by atoms with Gasteiger partial charge in [0.1, 0.15) is 0 Å². The van der Waals surface area contributed by atoms with Crippen LogP contribution < -0.4 is 4.74 Å². The number of carbonyl (C=O) groups is 1. The van der Waals surface area contributed by atoms with Crippen molar-refractivity contribution in [3.63, 3.8) is 0 Å². The smallest absolute Gasteiger partial charge is 0.346 e. The van der Waals surface area contributed by atoms with E-state index in [0.717, 1.165) is 19.2 Å². The van der Waals surface area contributed by atoms with Gasteiger partial charge < -0.3 is 9.47 Å². The summed E-state index contributed by atoms with van der Waals surface area (Å²) in [7, 11) is 1.14. The third-order valence-electron chi connectivity index (χ3n) is 1.97. The van der Waals surface area contributed by atoms with Crippen LogP contribution in [-0.2, 0) is 9.53 Å². The molecule has 0 saturated carbocycles. The number of carbonyl (C=O) groups excluding carboxylic acids is 1. The van der Waals surface area contributed by atoms with Gasteiger partial charge in [-0.3, -0.25) is 10.1 Å². The molecule has 1 aromatic carbocycles. The Morgan fingerprint density at radius 2 is 2.18 bits per heavy atom. The molecule has 6 nitrogen and oxygen atoms in total. The minimum absolute atomic E-state index is 0.541. The second kappa shape index (κ2) is 5.24. The number of hydrogen-bond acceptors (Lipinski definition) is 5. The number of halogens is 1. The molecular formula is C10H10FNO5. The zero-order valence-electron chi connectivity index (χ0n) is 9.18. The first-order valence-electron chi connectivity index (χ1n) is 4.64. The molecule has 0 saturated heterocycles. The zero-order valence-corrected chi connectivity index (χ0v) is 9.18. The molecule has 0 unspecified atom stereocenters. The minimum Gasteiger partial charge on any atom is -0.470 e. The quantitative estimate of drug-likeness (QED) is 0.456. The van der Waals surface area contributed by atoms with E-state index in [0.29, 0.717) is 0 Å². The van der Waals surface area contributed by atoms with Gasteiger partial charge in [-0.1, -0.05) is 6.07 Å². The Labute approximate surface area is 96.1 Å². The number of benzene rings is 1. The van der Waals surface area contributed by atoms with Crippen LogP contribution in [0.5, 0.6) is 5.75 Å². The standard InChI is InChI=1S/C10H10FNO5/c1-6(10(13)16-2)17-9-7(11)4-3-5-8(9)12(14)15/h3-6H,1-2H3/t6-/m0/s1. The lowest BCUT2D eigenvalue weighted by atomic mass is 10.3. The van der Waals surface area contributed by atoms with Crippen molar-refractivity contribution in [3.05, 3.63) is 34.1 Å². The van der Waals surface area contributed by atoms with E-state index in [4.69, 9.17) is 4.74 Å². The molecule has 0 amide bonds. The van der Waals surface area contributed by atoms with Gasteiger partial charge in [-0.2, -0.15) is 0 Å². The second-order valence-corrected chi connectivity index (χ2v) is 3.13. The van der Waals surface area contributed by atoms with Crippen molar-refractivity contribution in [2.45, 2.75) is 13.0 Å². The molecule has 1 rings (SSSR count). The predicted octanol–water partition coefficient (Wildman–Crippen LogP) is 1.67.